The van der Waals surface area contributed by atoms with E-state index in [1.165, 1.54) is 17.4 Å². The Balaban J connectivity index is 1.97. The van der Waals surface area contributed by atoms with Crippen molar-refractivity contribution < 1.29 is 14.4 Å². The van der Waals surface area contributed by atoms with Crippen LogP contribution in [0.15, 0.2) is 24.3 Å². The zero-order chi connectivity index (χ0) is 20.1. The second-order valence-electron chi connectivity index (χ2n) is 7.31. The Kier molecular flexibility index (Phi) is 6.82. The molecule has 1 aromatic carbocycles. The molecular formula is C20H30N4O3. The van der Waals surface area contributed by atoms with Crippen molar-refractivity contribution in [1.29, 1.82) is 0 Å². The molecule has 2 rings (SSSR count). The minimum Gasteiger partial charge on any atom is -0.374 e. The van der Waals surface area contributed by atoms with Gasteiger partial charge in [-0.1, -0.05) is 12.1 Å². The standard InChI is InChI=1S/C20H30N4O3/c1-15-7-6-8-17(13-15)22(5)10-9-19(26)23-11-12-24(16(2)25)18(14-23)20(27)21(3)4/h6-8,13,18H,9-12,14H2,1-5H3/t18-/m1/s1. The van der Waals surface area contributed by atoms with Gasteiger partial charge < -0.3 is 19.6 Å². The molecule has 0 N–H and O–H groups in total. The van der Waals surface area contributed by atoms with Gasteiger partial charge in [0.1, 0.15) is 6.04 Å². The van der Waals surface area contributed by atoms with Gasteiger partial charge in [-0.2, -0.15) is 0 Å². The van der Waals surface area contributed by atoms with E-state index in [1.54, 1.807) is 23.9 Å². The molecule has 0 saturated carbocycles. The highest BCUT2D eigenvalue weighted by Gasteiger charge is 2.36. The second-order valence-corrected chi connectivity index (χ2v) is 7.31. The number of likely N-dealkylation sites (N-methyl/N-ethyl adjacent to an activating group) is 1. The molecule has 0 spiro atoms. The van der Waals surface area contributed by atoms with Crippen LogP contribution < -0.4 is 4.90 Å². The summed E-state index contributed by atoms with van der Waals surface area (Å²) in [4.78, 5) is 43.8. The van der Waals surface area contributed by atoms with E-state index in [4.69, 9.17) is 0 Å². The summed E-state index contributed by atoms with van der Waals surface area (Å²) >= 11 is 0. The average Bonchev–Trinajstić information content (AvgIpc) is 2.64. The monoisotopic (exact) mass is 374 g/mol. The molecule has 1 aromatic rings. The predicted octanol–water partition coefficient (Wildman–Crippen LogP) is 0.969. The number of hydrogen-bond acceptors (Lipinski definition) is 4. The first-order valence-corrected chi connectivity index (χ1v) is 9.24. The van der Waals surface area contributed by atoms with Crippen molar-refractivity contribution in [3.63, 3.8) is 0 Å². The molecule has 3 amide bonds. The van der Waals surface area contributed by atoms with Crippen LogP contribution in [-0.4, -0.2) is 85.8 Å². The van der Waals surface area contributed by atoms with E-state index in [1.807, 2.05) is 32.2 Å². The van der Waals surface area contributed by atoms with Crippen LogP contribution in [0.2, 0.25) is 0 Å². The topological polar surface area (TPSA) is 64.2 Å². The molecule has 7 heteroatoms. The number of hydrogen-bond donors (Lipinski definition) is 0. The summed E-state index contributed by atoms with van der Waals surface area (Å²) in [5.41, 5.74) is 2.25. The third kappa shape index (κ3) is 5.21. The van der Waals surface area contributed by atoms with E-state index >= 15 is 0 Å². The van der Waals surface area contributed by atoms with Gasteiger partial charge >= 0.3 is 0 Å². The third-order valence-corrected chi connectivity index (χ3v) is 4.97. The number of carbonyl (C=O) groups is 3. The Hall–Kier alpha value is -2.57. The smallest absolute Gasteiger partial charge is 0.246 e. The minimum atomic E-state index is -0.607. The lowest BCUT2D eigenvalue weighted by molar-refractivity contribution is -0.150. The van der Waals surface area contributed by atoms with Crippen molar-refractivity contribution >= 4 is 23.4 Å². The summed E-state index contributed by atoms with van der Waals surface area (Å²) in [6.45, 7) is 5.21. The first-order valence-electron chi connectivity index (χ1n) is 9.24. The molecule has 7 nitrogen and oxygen atoms in total. The number of benzene rings is 1. The number of rotatable bonds is 5. The van der Waals surface area contributed by atoms with Crippen molar-refractivity contribution in [1.82, 2.24) is 14.7 Å². The Morgan fingerprint density at radius 1 is 1.15 bits per heavy atom. The van der Waals surface area contributed by atoms with Crippen molar-refractivity contribution in [3.05, 3.63) is 29.8 Å². The van der Waals surface area contributed by atoms with E-state index in [-0.39, 0.29) is 24.3 Å². The van der Waals surface area contributed by atoms with Gasteiger partial charge in [-0.25, -0.2) is 0 Å². The molecule has 1 saturated heterocycles. The molecule has 1 atom stereocenters. The fraction of sp³-hybridized carbons (Fsp3) is 0.550. The fourth-order valence-electron chi connectivity index (χ4n) is 3.31. The molecule has 1 aliphatic rings. The highest BCUT2D eigenvalue weighted by molar-refractivity contribution is 5.88. The van der Waals surface area contributed by atoms with Crippen LogP contribution in [0.5, 0.6) is 0 Å². The second kappa shape index (κ2) is 8.88. The van der Waals surface area contributed by atoms with Crippen molar-refractivity contribution in [3.8, 4) is 0 Å². The lowest BCUT2D eigenvalue weighted by Gasteiger charge is -2.41. The number of amides is 3. The van der Waals surface area contributed by atoms with Gasteiger partial charge in [-0.05, 0) is 24.6 Å². The Morgan fingerprint density at radius 3 is 2.44 bits per heavy atom. The minimum absolute atomic E-state index is 0.00858. The molecule has 0 bridgehead atoms. The van der Waals surface area contributed by atoms with Crippen molar-refractivity contribution in [2.45, 2.75) is 26.3 Å². The fourth-order valence-corrected chi connectivity index (χ4v) is 3.31. The summed E-state index contributed by atoms with van der Waals surface area (Å²) in [5, 5.41) is 0. The molecule has 0 aromatic heterocycles. The third-order valence-electron chi connectivity index (χ3n) is 4.97. The van der Waals surface area contributed by atoms with Crippen molar-refractivity contribution in [2.75, 3.05) is 52.2 Å². The van der Waals surface area contributed by atoms with E-state index < -0.39 is 6.04 Å². The molecular weight excluding hydrogens is 344 g/mol. The van der Waals surface area contributed by atoms with Crippen LogP contribution in [0, 0.1) is 6.92 Å². The van der Waals surface area contributed by atoms with Crippen LogP contribution in [0.25, 0.3) is 0 Å². The summed E-state index contributed by atoms with van der Waals surface area (Å²) < 4.78 is 0. The van der Waals surface area contributed by atoms with Gasteiger partial charge in [0.25, 0.3) is 0 Å². The van der Waals surface area contributed by atoms with Gasteiger partial charge in [0.2, 0.25) is 17.7 Å². The molecule has 0 unspecified atom stereocenters. The Morgan fingerprint density at radius 2 is 1.85 bits per heavy atom. The van der Waals surface area contributed by atoms with Crippen LogP contribution >= 0.6 is 0 Å². The first kappa shape index (κ1) is 20.7. The SMILES string of the molecule is CC(=O)N1CCN(C(=O)CCN(C)c2cccc(C)c2)C[C@@H]1C(=O)N(C)C. The highest BCUT2D eigenvalue weighted by atomic mass is 16.2. The molecule has 27 heavy (non-hydrogen) atoms. The normalized spacial score (nSPS) is 16.9. The van der Waals surface area contributed by atoms with Gasteiger partial charge in [0, 0.05) is 59.8 Å². The summed E-state index contributed by atoms with van der Waals surface area (Å²) in [6.07, 6.45) is 0.368. The predicted molar refractivity (Wildman–Crippen MR) is 106 cm³/mol. The number of carbonyl (C=O) groups excluding carboxylic acids is 3. The number of piperazine rings is 1. The van der Waals surface area contributed by atoms with Crippen LogP contribution in [0.4, 0.5) is 5.69 Å². The van der Waals surface area contributed by atoms with Gasteiger partial charge in [-0.15, -0.1) is 0 Å². The van der Waals surface area contributed by atoms with Crippen LogP contribution in [0.1, 0.15) is 18.9 Å². The summed E-state index contributed by atoms with van der Waals surface area (Å²) in [5.74, 6) is -0.282. The largest absolute Gasteiger partial charge is 0.374 e. The lowest BCUT2D eigenvalue weighted by atomic mass is 10.1. The number of anilines is 1. The van der Waals surface area contributed by atoms with Crippen LogP contribution in [-0.2, 0) is 14.4 Å². The van der Waals surface area contributed by atoms with E-state index in [0.29, 0.717) is 26.1 Å². The number of nitrogens with zero attached hydrogens (tertiary/aromatic N) is 4. The van der Waals surface area contributed by atoms with E-state index in [0.717, 1.165) is 5.69 Å². The number of aryl methyl sites for hydroxylation is 1. The van der Waals surface area contributed by atoms with Gasteiger partial charge in [0.05, 0.1) is 6.54 Å². The van der Waals surface area contributed by atoms with Crippen LogP contribution in [0.3, 0.4) is 0 Å². The summed E-state index contributed by atoms with van der Waals surface area (Å²) in [6, 6.07) is 7.54. The maximum absolute atomic E-state index is 12.7. The quantitative estimate of drug-likeness (QED) is 0.770. The molecule has 148 valence electrons. The Labute approximate surface area is 161 Å². The van der Waals surface area contributed by atoms with E-state index in [9.17, 15) is 14.4 Å². The molecule has 0 aliphatic carbocycles. The molecule has 1 aliphatic heterocycles. The summed E-state index contributed by atoms with van der Waals surface area (Å²) in [7, 11) is 5.30. The maximum atomic E-state index is 12.7. The zero-order valence-corrected chi connectivity index (χ0v) is 16.9. The average molecular weight is 374 g/mol. The first-order chi connectivity index (χ1) is 12.7. The lowest BCUT2D eigenvalue weighted by Crippen LogP contribution is -2.61. The maximum Gasteiger partial charge on any atom is 0.246 e. The van der Waals surface area contributed by atoms with E-state index in [2.05, 4.69) is 11.0 Å². The Bertz CT molecular complexity index is 704. The molecule has 1 fully saturated rings. The van der Waals surface area contributed by atoms with Gasteiger partial charge in [0.15, 0.2) is 0 Å². The molecule has 1 heterocycles. The highest BCUT2D eigenvalue weighted by Crippen LogP contribution is 2.16. The van der Waals surface area contributed by atoms with Gasteiger partial charge in [-0.3, -0.25) is 14.4 Å². The molecule has 0 radical (unpaired) electrons. The zero-order valence-electron chi connectivity index (χ0n) is 16.9. The van der Waals surface area contributed by atoms with Crippen molar-refractivity contribution in [2.24, 2.45) is 0 Å².